The third-order valence-electron chi connectivity index (χ3n) is 2.83. The number of amides is 2. The lowest BCUT2D eigenvalue weighted by Gasteiger charge is -2.21. The van der Waals surface area contributed by atoms with Gasteiger partial charge in [0, 0.05) is 5.56 Å². The Labute approximate surface area is 116 Å². The summed E-state index contributed by atoms with van der Waals surface area (Å²) in [6.07, 6.45) is -5.68. The predicted molar refractivity (Wildman–Crippen MR) is 61.2 cm³/mol. The first kappa shape index (κ1) is 15.3. The molecule has 0 aliphatic carbocycles. The van der Waals surface area contributed by atoms with Crippen molar-refractivity contribution in [1.82, 2.24) is 10.6 Å². The fourth-order valence-electron chi connectivity index (χ4n) is 1.74. The number of hydrogen-bond acceptors (Lipinski definition) is 2. The van der Waals surface area contributed by atoms with E-state index in [0.29, 0.717) is 5.56 Å². The number of carbonyl (C=O) groups is 1. The minimum Gasteiger partial charge on any atom is -0.487 e. The molecular weight excluding hydrogens is 299 g/mol. The number of hydrogen-bond donors (Lipinski definition) is 1. The van der Waals surface area contributed by atoms with Crippen LogP contribution in [0.1, 0.15) is 11.6 Å². The Bertz CT molecular complexity index is 533. The fraction of sp³-hybridized carbons (Fsp3) is 0.417. The van der Waals surface area contributed by atoms with E-state index in [1.807, 2.05) is 0 Å². The van der Waals surface area contributed by atoms with Crippen molar-refractivity contribution in [3.63, 3.8) is 0 Å². The highest BCUT2D eigenvalue weighted by molar-refractivity contribution is 5.76. The molecular formula is C12H10F5N2O2. The largest absolute Gasteiger partial charge is 0.487 e. The molecule has 1 radical (unpaired) electrons. The van der Waals surface area contributed by atoms with Crippen molar-refractivity contribution in [3.8, 4) is 5.75 Å². The molecule has 1 aliphatic heterocycles. The Kier molecular flexibility index (Phi) is 3.93. The third kappa shape index (κ3) is 3.34. The van der Waals surface area contributed by atoms with Gasteiger partial charge in [0.25, 0.3) is 0 Å². The number of halogens is 5. The average Bonchev–Trinajstić information content (AvgIpc) is 2.82. The van der Waals surface area contributed by atoms with Gasteiger partial charge in [-0.3, -0.25) is 0 Å². The van der Waals surface area contributed by atoms with Crippen LogP contribution in [0.15, 0.2) is 24.3 Å². The molecule has 115 valence electrons. The molecule has 1 atom stereocenters. The van der Waals surface area contributed by atoms with Crippen molar-refractivity contribution in [1.29, 1.82) is 0 Å². The molecule has 0 aromatic heterocycles. The summed E-state index contributed by atoms with van der Waals surface area (Å²) in [5.74, 6) is -5.10. The Hall–Kier alpha value is -2.06. The molecule has 1 N–H and O–H groups in total. The van der Waals surface area contributed by atoms with Crippen LogP contribution >= 0.6 is 0 Å². The highest BCUT2D eigenvalue weighted by atomic mass is 19.4. The van der Waals surface area contributed by atoms with Crippen molar-refractivity contribution in [2.75, 3.05) is 13.2 Å². The summed E-state index contributed by atoms with van der Waals surface area (Å²) in [7, 11) is 0. The summed E-state index contributed by atoms with van der Waals surface area (Å²) in [5, 5.41) is 5.99. The van der Waals surface area contributed by atoms with E-state index in [0.717, 1.165) is 0 Å². The molecule has 0 saturated carbocycles. The lowest BCUT2D eigenvalue weighted by atomic mass is 10.1. The second-order valence-electron chi connectivity index (χ2n) is 4.37. The van der Waals surface area contributed by atoms with Crippen LogP contribution in [-0.2, 0) is 0 Å². The van der Waals surface area contributed by atoms with Crippen LogP contribution < -0.4 is 15.4 Å². The Morgan fingerprint density at radius 2 is 1.90 bits per heavy atom. The molecule has 2 rings (SSSR count). The van der Waals surface area contributed by atoms with E-state index in [9.17, 15) is 26.7 Å². The molecule has 1 saturated heterocycles. The zero-order valence-corrected chi connectivity index (χ0v) is 10.5. The van der Waals surface area contributed by atoms with Gasteiger partial charge in [0.05, 0.1) is 12.6 Å². The van der Waals surface area contributed by atoms with E-state index in [1.54, 1.807) is 6.07 Å². The predicted octanol–water partition coefficient (Wildman–Crippen LogP) is 2.63. The summed E-state index contributed by atoms with van der Waals surface area (Å²) < 4.78 is 66.6. The van der Waals surface area contributed by atoms with Crippen LogP contribution in [0.3, 0.4) is 0 Å². The highest BCUT2D eigenvalue weighted by Crippen LogP contribution is 2.36. The molecule has 1 unspecified atom stereocenters. The summed E-state index contributed by atoms with van der Waals surface area (Å²) in [6.45, 7) is -1.76. The molecule has 1 heterocycles. The minimum atomic E-state index is -5.68. The molecule has 1 aromatic carbocycles. The fourth-order valence-corrected chi connectivity index (χ4v) is 1.74. The average molecular weight is 309 g/mol. The first-order chi connectivity index (χ1) is 9.71. The van der Waals surface area contributed by atoms with Crippen molar-refractivity contribution in [2.45, 2.75) is 18.1 Å². The number of carbonyl (C=O) groups excluding carboxylic acids is 1. The van der Waals surface area contributed by atoms with E-state index < -0.39 is 30.8 Å². The second-order valence-corrected chi connectivity index (χ2v) is 4.37. The van der Waals surface area contributed by atoms with Crippen molar-refractivity contribution < 1.29 is 31.5 Å². The summed E-state index contributed by atoms with van der Waals surface area (Å²) >= 11 is 0. The molecule has 1 aliphatic rings. The molecule has 1 aromatic rings. The summed E-state index contributed by atoms with van der Waals surface area (Å²) in [6, 6.07) is 4.52. The molecule has 4 nitrogen and oxygen atoms in total. The number of rotatable bonds is 4. The molecule has 2 amide bonds. The van der Waals surface area contributed by atoms with Crippen molar-refractivity contribution in [3.05, 3.63) is 29.8 Å². The van der Waals surface area contributed by atoms with Crippen LogP contribution in [0.4, 0.5) is 26.7 Å². The lowest BCUT2D eigenvalue weighted by Crippen LogP contribution is -2.41. The third-order valence-corrected chi connectivity index (χ3v) is 2.83. The molecule has 1 fully saturated rings. The van der Waals surface area contributed by atoms with Crippen LogP contribution in [0.25, 0.3) is 0 Å². The number of nitrogens with zero attached hydrogens (tertiary/aromatic N) is 1. The van der Waals surface area contributed by atoms with Crippen molar-refractivity contribution in [2.24, 2.45) is 0 Å². The Morgan fingerprint density at radius 3 is 2.48 bits per heavy atom. The van der Waals surface area contributed by atoms with Crippen LogP contribution in [0, 0.1) is 0 Å². The van der Waals surface area contributed by atoms with E-state index >= 15 is 0 Å². The first-order valence-corrected chi connectivity index (χ1v) is 5.85. The van der Waals surface area contributed by atoms with E-state index in [1.165, 1.54) is 18.2 Å². The summed E-state index contributed by atoms with van der Waals surface area (Å²) in [5.41, 5.74) is 0.296. The molecule has 21 heavy (non-hydrogen) atoms. The number of urea groups is 1. The van der Waals surface area contributed by atoms with Gasteiger partial charge in [0.2, 0.25) is 0 Å². The van der Waals surface area contributed by atoms with Gasteiger partial charge < -0.3 is 10.1 Å². The first-order valence-electron chi connectivity index (χ1n) is 5.85. The van der Waals surface area contributed by atoms with Gasteiger partial charge in [0.1, 0.15) is 5.75 Å². The van der Waals surface area contributed by atoms with E-state index in [4.69, 9.17) is 0 Å². The van der Waals surface area contributed by atoms with Crippen LogP contribution in [-0.4, -0.2) is 31.3 Å². The maximum Gasteiger partial charge on any atom is 0.456 e. The standard InChI is InChI=1S/C12H10F5N2O2/c13-11(14,12(15,16)17)6-21-9-4-2-1-3-7(9)8-5-18-10(20)19-8/h1-4,8H,5-6H2,(H,19,20). The van der Waals surface area contributed by atoms with Crippen LogP contribution in [0.5, 0.6) is 5.75 Å². The monoisotopic (exact) mass is 309 g/mol. The number of ether oxygens (including phenoxy) is 1. The number of alkyl halides is 5. The lowest BCUT2D eigenvalue weighted by molar-refractivity contribution is -0.290. The second kappa shape index (κ2) is 5.38. The highest BCUT2D eigenvalue weighted by Gasteiger charge is 2.58. The topological polar surface area (TPSA) is 52.4 Å². The number of nitrogens with one attached hydrogen (secondary N) is 1. The maximum absolute atomic E-state index is 12.8. The van der Waals surface area contributed by atoms with Gasteiger partial charge in [-0.05, 0) is 6.07 Å². The normalized spacial score (nSPS) is 19.1. The van der Waals surface area contributed by atoms with Crippen LogP contribution in [0.2, 0.25) is 0 Å². The number of para-hydroxylation sites is 1. The van der Waals surface area contributed by atoms with E-state index in [-0.39, 0.29) is 12.3 Å². The molecule has 0 bridgehead atoms. The van der Waals surface area contributed by atoms with Gasteiger partial charge in [-0.2, -0.15) is 22.0 Å². The van der Waals surface area contributed by atoms with E-state index in [2.05, 4.69) is 15.4 Å². The number of benzene rings is 1. The van der Waals surface area contributed by atoms with Crippen molar-refractivity contribution >= 4 is 6.03 Å². The molecule has 0 spiro atoms. The maximum atomic E-state index is 12.8. The zero-order chi connectivity index (χ0) is 15.7. The van der Waals surface area contributed by atoms with Gasteiger partial charge in [-0.1, -0.05) is 18.2 Å². The Balaban J connectivity index is 2.12. The van der Waals surface area contributed by atoms with Gasteiger partial charge >= 0.3 is 18.1 Å². The van der Waals surface area contributed by atoms with Gasteiger partial charge in [-0.15, -0.1) is 0 Å². The SMILES string of the molecule is O=C1[N]CC(c2ccccc2OCC(F)(F)C(F)(F)F)N1. The van der Waals surface area contributed by atoms with Gasteiger partial charge in [0.15, 0.2) is 6.61 Å². The quantitative estimate of drug-likeness (QED) is 0.869. The molecule has 9 heteroatoms. The zero-order valence-electron chi connectivity index (χ0n) is 10.5. The van der Waals surface area contributed by atoms with Gasteiger partial charge in [-0.25, -0.2) is 10.1 Å². The Morgan fingerprint density at radius 1 is 1.24 bits per heavy atom. The minimum absolute atomic E-state index is 0.0644. The summed E-state index contributed by atoms with van der Waals surface area (Å²) in [4.78, 5) is 11.0. The smallest absolute Gasteiger partial charge is 0.456 e.